The Labute approximate surface area is 167 Å². The van der Waals surface area contributed by atoms with E-state index in [2.05, 4.69) is 42.8 Å². The van der Waals surface area contributed by atoms with E-state index in [4.69, 9.17) is 9.47 Å². The zero-order chi connectivity index (χ0) is 19.9. The lowest BCUT2D eigenvalue weighted by molar-refractivity contribution is 0.266. The molecular weight excluding hydrogens is 336 g/mol. The number of ether oxygens (including phenoxy) is 2. The van der Waals surface area contributed by atoms with Crippen LogP contribution in [0.15, 0.2) is 18.2 Å². The first-order valence-electron chi connectivity index (χ1n) is 10.8. The van der Waals surface area contributed by atoms with Gasteiger partial charge in [-0.2, -0.15) is 0 Å². The molecule has 0 unspecified atom stereocenters. The highest BCUT2D eigenvalue weighted by Crippen LogP contribution is 2.27. The summed E-state index contributed by atoms with van der Waals surface area (Å²) in [4.78, 5) is 5.06. The Morgan fingerprint density at radius 2 is 1.37 bits per heavy atom. The van der Waals surface area contributed by atoms with E-state index in [-0.39, 0.29) is 0 Å². The monoisotopic (exact) mass is 378 g/mol. The van der Waals surface area contributed by atoms with Crippen molar-refractivity contribution in [1.29, 1.82) is 0 Å². The van der Waals surface area contributed by atoms with E-state index >= 15 is 0 Å². The number of likely N-dealkylation sites (N-methyl/N-ethyl adjacent to an activating group) is 1. The van der Waals surface area contributed by atoms with Gasteiger partial charge in [0.2, 0.25) is 0 Å². The summed E-state index contributed by atoms with van der Waals surface area (Å²) in [5, 5.41) is 0. The van der Waals surface area contributed by atoms with Gasteiger partial charge in [-0.25, -0.2) is 0 Å². The predicted octanol–water partition coefficient (Wildman–Crippen LogP) is 4.86. The van der Waals surface area contributed by atoms with Gasteiger partial charge >= 0.3 is 0 Å². The first kappa shape index (κ1) is 23.8. The molecular formula is C23H42N2O2. The summed E-state index contributed by atoms with van der Waals surface area (Å²) in [5.74, 6) is 1.61. The number of rotatable bonds is 16. The Bertz CT molecular complexity index is 487. The average Bonchev–Trinajstić information content (AvgIpc) is 2.68. The Balaban J connectivity index is 2.16. The third kappa shape index (κ3) is 10.0. The minimum atomic E-state index is 0.797. The van der Waals surface area contributed by atoms with Crippen molar-refractivity contribution >= 4 is 0 Å². The fourth-order valence-corrected chi connectivity index (χ4v) is 3.51. The summed E-state index contributed by atoms with van der Waals surface area (Å²) >= 11 is 0. The summed E-state index contributed by atoms with van der Waals surface area (Å²) in [5.41, 5.74) is 1.30. The van der Waals surface area contributed by atoms with Crippen molar-refractivity contribution in [1.82, 2.24) is 9.80 Å². The maximum absolute atomic E-state index is 5.39. The highest BCUT2D eigenvalue weighted by atomic mass is 16.5. The predicted molar refractivity (Wildman–Crippen MR) is 116 cm³/mol. The third-order valence-corrected chi connectivity index (χ3v) is 5.07. The lowest BCUT2D eigenvalue weighted by Gasteiger charge is -2.21. The van der Waals surface area contributed by atoms with Crippen LogP contribution in [0.4, 0.5) is 0 Å². The maximum Gasteiger partial charge on any atom is 0.160 e. The lowest BCUT2D eigenvalue weighted by Crippen LogP contribution is -2.26. The van der Waals surface area contributed by atoms with Crippen molar-refractivity contribution in [3.05, 3.63) is 23.8 Å². The van der Waals surface area contributed by atoms with Gasteiger partial charge in [0.1, 0.15) is 0 Å². The topological polar surface area (TPSA) is 24.9 Å². The molecule has 0 atom stereocenters. The molecule has 1 aromatic rings. The number of unbranched alkanes of at least 4 members (excludes halogenated alkanes) is 3. The molecule has 0 aliphatic rings. The van der Waals surface area contributed by atoms with Crippen LogP contribution in [0.25, 0.3) is 0 Å². The Morgan fingerprint density at radius 1 is 0.741 bits per heavy atom. The van der Waals surface area contributed by atoms with Crippen LogP contribution in [0.2, 0.25) is 0 Å². The average molecular weight is 379 g/mol. The van der Waals surface area contributed by atoms with Crippen molar-refractivity contribution in [2.45, 2.75) is 58.8 Å². The molecule has 0 heterocycles. The highest BCUT2D eigenvalue weighted by Gasteiger charge is 2.06. The third-order valence-electron chi connectivity index (χ3n) is 5.07. The normalized spacial score (nSPS) is 11.4. The van der Waals surface area contributed by atoms with Crippen molar-refractivity contribution in [2.24, 2.45) is 0 Å². The van der Waals surface area contributed by atoms with Gasteiger partial charge < -0.3 is 19.3 Å². The molecule has 1 aromatic carbocycles. The summed E-state index contributed by atoms with van der Waals surface area (Å²) in [6.45, 7) is 10.6. The molecule has 0 bridgehead atoms. The zero-order valence-corrected chi connectivity index (χ0v) is 18.4. The van der Waals surface area contributed by atoms with E-state index in [9.17, 15) is 0 Å². The van der Waals surface area contributed by atoms with E-state index in [0.717, 1.165) is 24.5 Å². The summed E-state index contributed by atoms with van der Waals surface area (Å²) < 4.78 is 10.7. The maximum atomic E-state index is 5.39. The Kier molecular flexibility index (Phi) is 13.0. The number of hydrogen-bond acceptors (Lipinski definition) is 4. The second-order valence-electron chi connectivity index (χ2n) is 7.50. The van der Waals surface area contributed by atoms with Crippen molar-refractivity contribution < 1.29 is 9.47 Å². The molecule has 0 N–H and O–H groups in total. The first-order valence-corrected chi connectivity index (χ1v) is 10.8. The molecule has 0 aliphatic heterocycles. The van der Waals surface area contributed by atoms with Gasteiger partial charge in [0, 0.05) is 6.54 Å². The van der Waals surface area contributed by atoms with Crippen molar-refractivity contribution in [3.63, 3.8) is 0 Å². The lowest BCUT2D eigenvalue weighted by atomic mass is 10.1. The van der Waals surface area contributed by atoms with Crippen molar-refractivity contribution in [3.8, 4) is 11.5 Å². The molecule has 156 valence electrons. The van der Waals surface area contributed by atoms with E-state index in [1.54, 1.807) is 14.2 Å². The van der Waals surface area contributed by atoms with E-state index in [1.165, 1.54) is 70.3 Å². The van der Waals surface area contributed by atoms with Crippen LogP contribution >= 0.6 is 0 Å². The standard InChI is InChI=1S/C23H42N2O2/c1-6-15-25(16-7-2)18-11-9-8-10-17-24(3)19-14-21-12-13-22(26-4)23(20-21)27-5/h12-13,20H,6-11,14-19H2,1-5H3. The van der Waals surface area contributed by atoms with E-state index in [0.29, 0.717) is 0 Å². The molecule has 0 saturated carbocycles. The minimum absolute atomic E-state index is 0.797. The molecule has 4 heteroatoms. The number of methoxy groups -OCH3 is 2. The molecule has 0 aliphatic carbocycles. The molecule has 0 spiro atoms. The molecule has 4 nitrogen and oxygen atoms in total. The summed E-state index contributed by atoms with van der Waals surface area (Å²) in [6.07, 6.45) is 8.91. The molecule has 1 rings (SSSR count). The molecule has 27 heavy (non-hydrogen) atoms. The molecule has 0 saturated heterocycles. The second-order valence-corrected chi connectivity index (χ2v) is 7.50. The highest BCUT2D eigenvalue weighted by molar-refractivity contribution is 5.42. The van der Waals surface area contributed by atoms with Gasteiger partial charge in [-0.3, -0.25) is 0 Å². The van der Waals surface area contributed by atoms with Gasteiger partial charge in [0.15, 0.2) is 11.5 Å². The summed E-state index contributed by atoms with van der Waals surface area (Å²) in [7, 11) is 5.60. The van der Waals surface area contributed by atoms with Crippen LogP contribution in [0.3, 0.4) is 0 Å². The van der Waals surface area contributed by atoms with Gasteiger partial charge in [-0.05, 0) is 83.0 Å². The van der Waals surface area contributed by atoms with Gasteiger partial charge in [-0.15, -0.1) is 0 Å². The summed E-state index contributed by atoms with van der Waals surface area (Å²) in [6, 6.07) is 6.22. The number of hydrogen-bond donors (Lipinski definition) is 0. The SMILES string of the molecule is CCCN(CCC)CCCCCCN(C)CCc1ccc(OC)c(OC)c1. The molecule has 0 aromatic heterocycles. The second kappa shape index (κ2) is 14.8. The zero-order valence-electron chi connectivity index (χ0n) is 18.4. The molecule has 0 radical (unpaired) electrons. The van der Waals surface area contributed by atoms with Crippen LogP contribution in [-0.4, -0.2) is 63.8 Å². The van der Waals surface area contributed by atoms with Crippen LogP contribution in [0.1, 0.15) is 57.9 Å². The quantitative estimate of drug-likeness (QED) is 0.384. The van der Waals surface area contributed by atoms with Crippen molar-refractivity contribution in [2.75, 3.05) is 54.0 Å². The van der Waals surface area contributed by atoms with E-state index in [1.807, 2.05) is 6.07 Å². The first-order chi connectivity index (χ1) is 13.1. The van der Waals surface area contributed by atoms with E-state index < -0.39 is 0 Å². The largest absolute Gasteiger partial charge is 0.493 e. The van der Waals surface area contributed by atoms with Crippen LogP contribution in [-0.2, 0) is 6.42 Å². The molecule has 0 fully saturated rings. The van der Waals surface area contributed by atoms with Gasteiger partial charge in [0.25, 0.3) is 0 Å². The fourth-order valence-electron chi connectivity index (χ4n) is 3.51. The Morgan fingerprint density at radius 3 is 1.96 bits per heavy atom. The number of nitrogens with zero attached hydrogens (tertiary/aromatic N) is 2. The Hall–Kier alpha value is -1.26. The van der Waals surface area contributed by atoms with Crippen LogP contribution < -0.4 is 9.47 Å². The molecule has 0 amide bonds. The van der Waals surface area contributed by atoms with Gasteiger partial charge in [-0.1, -0.05) is 32.8 Å². The number of benzene rings is 1. The van der Waals surface area contributed by atoms with Crippen LogP contribution in [0, 0.1) is 0 Å². The van der Waals surface area contributed by atoms with Crippen LogP contribution in [0.5, 0.6) is 11.5 Å². The fraction of sp³-hybridized carbons (Fsp3) is 0.739. The van der Waals surface area contributed by atoms with Gasteiger partial charge in [0.05, 0.1) is 14.2 Å². The minimum Gasteiger partial charge on any atom is -0.493 e. The smallest absolute Gasteiger partial charge is 0.160 e.